The molecule has 8 nitrogen and oxygen atoms in total. The maximum atomic E-state index is 11.1. The molecule has 1 aromatic heterocycles. The zero-order chi connectivity index (χ0) is 13.5. The fourth-order valence-corrected chi connectivity index (χ4v) is 1.34. The summed E-state index contributed by atoms with van der Waals surface area (Å²) in [6.45, 7) is 4.39. The molecule has 0 bridgehead atoms. The second-order valence-electron chi connectivity index (χ2n) is 3.20. The number of rotatable bonds is 4. The lowest BCUT2D eigenvalue weighted by Crippen LogP contribution is -2.11. The molecule has 0 radical (unpaired) electrons. The number of nitrogens with zero attached hydrogens (tertiary/aromatic N) is 3. The van der Waals surface area contributed by atoms with E-state index in [-0.39, 0.29) is 12.6 Å². The maximum Gasteiger partial charge on any atom is 0.362 e. The fourth-order valence-electron chi connectivity index (χ4n) is 1.16. The van der Waals surface area contributed by atoms with Gasteiger partial charge in [0.05, 0.1) is 12.3 Å². The van der Waals surface area contributed by atoms with Gasteiger partial charge in [0.2, 0.25) is 5.95 Å². The zero-order valence-corrected chi connectivity index (χ0v) is 10.7. The topological polar surface area (TPSA) is 111 Å². The van der Waals surface area contributed by atoms with E-state index < -0.39 is 16.5 Å². The summed E-state index contributed by atoms with van der Waals surface area (Å²) in [7, 11) is -2.80. The predicted molar refractivity (Wildman–Crippen MR) is 62.5 cm³/mol. The Balaban J connectivity index is 2.85. The number of anilines is 1. The molecule has 98 valence electrons. The smallest absolute Gasteiger partial charge is 0.362 e. The van der Waals surface area contributed by atoms with Gasteiger partial charge >= 0.3 is 16.5 Å². The first kappa shape index (κ1) is 14.2. The number of carbonyl (C=O) groups excluding carboxylic acids is 1. The van der Waals surface area contributed by atoms with Gasteiger partial charge in [-0.05, 0) is 19.9 Å². The Labute approximate surface area is 105 Å². The van der Waals surface area contributed by atoms with Crippen LogP contribution in [-0.4, -0.2) is 31.0 Å². The number of aryl methyl sites for hydroxylation is 1. The molecule has 0 unspecified atom stereocenters. The van der Waals surface area contributed by atoms with Crippen LogP contribution in [0.4, 0.5) is 10.7 Å². The summed E-state index contributed by atoms with van der Waals surface area (Å²) in [5, 5.41) is 2.15. The molecule has 18 heavy (non-hydrogen) atoms. The third-order valence-corrected chi connectivity index (χ3v) is 2.05. The van der Waals surface area contributed by atoms with E-state index in [1.165, 1.54) is 0 Å². The Hall–Kier alpha value is -1.87. The van der Waals surface area contributed by atoms with Gasteiger partial charge in [0, 0.05) is 12.3 Å². The van der Waals surface area contributed by atoms with Crippen LogP contribution in [0.3, 0.4) is 0 Å². The first-order valence-corrected chi connectivity index (χ1v) is 6.09. The summed E-state index contributed by atoms with van der Waals surface area (Å²) in [6, 6.07) is 0.657. The molecule has 0 atom stereocenters. The molecule has 1 rings (SSSR count). The first-order valence-electron chi connectivity index (χ1n) is 5.05. The van der Waals surface area contributed by atoms with Crippen molar-refractivity contribution in [3.05, 3.63) is 17.5 Å². The summed E-state index contributed by atoms with van der Waals surface area (Å²) in [5.74, 6) is -0.0103. The number of aromatic nitrogens is 2. The third kappa shape index (κ3) is 4.97. The summed E-state index contributed by atoms with van der Waals surface area (Å²) >= 11 is 0. The summed E-state index contributed by atoms with van der Waals surface area (Å²) < 4.78 is 28.3. The van der Waals surface area contributed by atoms with Crippen molar-refractivity contribution in [1.29, 1.82) is 0 Å². The van der Waals surface area contributed by atoms with E-state index in [9.17, 15) is 13.2 Å². The molecule has 0 fully saturated rings. The molecule has 0 aliphatic rings. The van der Waals surface area contributed by atoms with E-state index in [2.05, 4.69) is 19.6 Å². The first-order chi connectivity index (χ1) is 8.51. The number of amides is 2. The monoisotopic (exact) mass is 272 g/mol. The molecule has 0 saturated heterocycles. The van der Waals surface area contributed by atoms with Crippen molar-refractivity contribution < 1.29 is 17.9 Å². The summed E-state index contributed by atoms with van der Waals surface area (Å²) in [5.41, 5.74) is 1.21. The van der Waals surface area contributed by atoms with Crippen LogP contribution in [0.5, 0.6) is 0 Å². The van der Waals surface area contributed by atoms with Gasteiger partial charge in [0.1, 0.15) is 0 Å². The molecular weight excluding hydrogens is 260 g/mol. The standard InChI is InChI=1S/C9H12N4O4S/c1-3-17-5-7-4-6(2)10-8(11-7)12-9(14)13-18(15)16/h4H,3,5H2,1-2H3,(H,10,11,12,14). The van der Waals surface area contributed by atoms with Crippen molar-refractivity contribution in [3.8, 4) is 0 Å². The van der Waals surface area contributed by atoms with Crippen molar-refractivity contribution in [2.24, 2.45) is 4.36 Å². The highest BCUT2D eigenvalue weighted by Crippen LogP contribution is 2.06. The quantitative estimate of drug-likeness (QED) is 0.872. The lowest BCUT2D eigenvalue weighted by Gasteiger charge is -2.05. The van der Waals surface area contributed by atoms with E-state index in [1.807, 2.05) is 6.92 Å². The van der Waals surface area contributed by atoms with E-state index in [0.717, 1.165) is 0 Å². The van der Waals surface area contributed by atoms with Gasteiger partial charge < -0.3 is 4.74 Å². The molecule has 0 aromatic carbocycles. The Morgan fingerprint density at radius 3 is 2.83 bits per heavy atom. The Morgan fingerprint density at radius 2 is 2.22 bits per heavy atom. The third-order valence-electron chi connectivity index (χ3n) is 1.74. The van der Waals surface area contributed by atoms with Crippen LogP contribution >= 0.6 is 0 Å². The minimum absolute atomic E-state index is 0.0103. The van der Waals surface area contributed by atoms with Crippen molar-refractivity contribution >= 4 is 22.5 Å². The minimum atomic E-state index is -2.80. The van der Waals surface area contributed by atoms with Gasteiger partial charge in [-0.2, -0.15) is 8.42 Å². The van der Waals surface area contributed by atoms with Crippen LogP contribution in [0.2, 0.25) is 0 Å². The molecule has 1 N–H and O–H groups in total. The molecule has 0 spiro atoms. The van der Waals surface area contributed by atoms with Crippen LogP contribution in [0.1, 0.15) is 18.3 Å². The van der Waals surface area contributed by atoms with E-state index >= 15 is 0 Å². The molecule has 2 amide bonds. The van der Waals surface area contributed by atoms with Gasteiger partial charge in [-0.1, -0.05) is 4.36 Å². The summed E-state index contributed by atoms with van der Waals surface area (Å²) in [6.07, 6.45) is 0. The molecule has 1 aromatic rings. The van der Waals surface area contributed by atoms with Crippen molar-refractivity contribution in [3.63, 3.8) is 0 Å². The number of urea groups is 1. The number of hydrogen-bond donors (Lipinski definition) is 1. The van der Waals surface area contributed by atoms with E-state index in [4.69, 9.17) is 4.74 Å². The van der Waals surface area contributed by atoms with Gasteiger partial charge in [-0.15, -0.1) is 0 Å². The van der Waals surface area contributed by atoms with Crippen LogP contribution in [0.15, 0.2) is 10.4 Å². The molecule has 0 aliphatic carbocycles. The molecule has 9 heteroatoms. The number of carbonyl (C=O) groups is 1. The zero-order valence-electron chi connectivity index (χ0n) is 9.87. The maximum absolute atomic E-state index is 11.1. The Morgan fingerprint density at radius 1 is 1.50 bits per heavy atom. The fraction of sp³-hybridized carbons (Fsp3) is 0.444. The van der Waals surface area contributed by atoms with E-state index in [0.29, 0.717) is 18.0 Å². The van der Waals surface area contributed by atoms with Crippen LogP contribution in [-0.2, 0) is 21.8 Å². The molecular formula is C9H12N4O4S. The minimum Gasteiger partial charge on any atom is -0.375 e. The molecule has 0 saturated carbocycles. The van der Waals surface area contributed by atoms with Gasteiger partial charge in [-0.25, -0.2) is 14.8 Å². The lowest BCUT2D eigenvalue weighted by molar-refractivity contribution is 0.131. The van der Waals surface area contributed by atoms with Crippen molar-refractivity contribution in [2.75, 3.05) is 11.9 Å². The molecule has 0 aliphatic heterocycles. The second-order valence-corrected chi connectivity index (χ2v) is 3.82. The van der Waals surface area contributed by atoms with E-state index in [1.54, 1.807) is 13.0 Å². The average molecular weight is 272 g/mol. The van der Waals surface area contributed by atoms with Gasteiger partial charge in [0.15, 0.2) is 0 Å². The van der Waals surface area contributed by atoms with Crippen molar-refractivity contribution in [1.82, 2.24) is 9.97 Å². The summed E-state index contributed by atoms with van der Waals surface area (Å²) in [4.78, 5) is 19.0. The largest absolute Gasteiger partial charge is 0.375 e. The highest BCUT2D eigenvalue weighted by atomic mass is 32.2. The Kier molecular flexibility index (Phi) is 5.33. The average Bonchev–Trinajstić information content (AvgIpc) is 2.24. The highest BCUT2D eigenvalue weighted by molar-refractivity contribution is 7.62. The predicted octanol–water partition coefficient (Wildman–Crippen LogP) is 0.916. The van der Waals surface area contributed by atoms with Crippen molar-refractivity contribution in [2.45, 2.75) is 20.5 Å². The van der Waals surface area contributed by atoms with Gasteiger partial charge in [-0.3, -0.25) is 5.32 Å². The van der Waals surface area contributed by atoms with Gasteiger partial charge in [0.25, 0.3) is 0 Å². The Bertz CT molecular complexity index is 562. The number of ether oxygens (including phenoxy) is 1. The van der Waals surface area contributed by atoms with Crippen LogP contribution < -0.4 is 5.32 Å². The second kappa shape index (κ2) is 6.77. The SMILES string of the molecule is CCOCc1cc(C)nc(NC(=O)N=S(=O)=O)n1. The van der Waals surface area contributed by atoms with Crippen LogP contribution in [0, 0.1) is 6.92 Å². The normalized spacial score (nSPS) is 9.89. The highest BCUT2D eigenvalue weighted by Gasteiger charge is 2.06. The molecule has 1 heterocycles. The number of nitrogens with one attached hydrogen (secondary N) is 1. The van der Waals surface area contributed by atoms with Crippen LogP contribution in [0.25, 0.3) is 0 Å². The lowest BCUT2D eigenvalue weighted by atomic mass is 10.3. The number of hydrogen-bond acceptors (Lipinski definition) is 6.